The van der Waals surface area contributed by atoms with Gasteiger partial charge in [-0.1, -0.05) is 40.5 Å². The predicted octanol–water partition coefficient (Wildman–Crippen LogP) is 3.60. The van der Waals surface area contributed by atoms with Crippen LogP contribution in [0.5, 0.6) is 0 Å². The van der Waals surface area contributed by atoms with Gasteiger partial charge in [-0.25, -0.2) is 0 Å². The zero-order valence-electron chi connectivity index (χ0n) is 10.9. The molecule has 1 amide bonds. The van der Waals surface area contributed by atoms with Crippen LogP contribution in [0.3, 0.4) is 0 Å². The molecule has 2 nitrogen and oxygen atoms in total. The van der Waals surface area contributed by atoms with Crippen molar-refractivity contribution >= 4 is 5.91 Å². The molecule has 1 heterocycles. The average Bonchev–Trinajstić information content (AvgIpc) is 2.61. The van der Waals surface area contributed by atoms with E-state index >= 15 is 0 Å². The van der Waals surface area contributed by atoms with Crippen LogP contribution in [-0.2, 0) is 4.79 Å². The summed E-state index contributed by atoms with van der Waals surface area (Å²) in [5.41, 5.74) is 0. The summed E-state index contributed by atoms with van der Waals surface area (Å²) < 4.78 is 0. The second-order valence-corrected chi connectivity index (χ2v) is 3.92. The third kappa shape index (κ3) is 4.67. The molecule has 0 N–H and O–H groups in total. The van der Waals surface area contributed by atoms with Crippen molar-refractivity contribution in [2.75, 3.05) is 6.54 Å². The Bertz CT molecular complexity index is 168. The molecule has 1 rings (SSSR count). The fraction of sp³-hybridized carbons (Fsp3) is 0.923. The van der Waals surface area contributed by atoms with E-state index in [1.165, 1.54) is 19.3 Å². The molecule has 1 atom stereocenters. The molecule has 2 heteroatoms. The summed E-state index contributed by atoms with van der Waals surface area (Å²) in [5, 5.41) is 0. The number of amides is 1. The smallest absolute Gasteiger partial charge is 0.222 e. The highest BCUT2D eigenvalue weighted by Gasteiger charge is 2.28. The lowest BCUT2D eigenvalue weighted by molar-refractivity contribution is -0.129. The van der Waals surface area contributed by atoms with Gasteiger partial charge in [0.15, 0.2) is 0 Å². The van der Waals surface area contributed by atoms with Gasteiger partial charge in [0.25, 0.3) is 0 Å². The summed E-state index contributed by atoms with van der Waals surface area (Å²) in [5.74, 6) is 0.381. The standard InChI is InChI=1S/C11H21NO.C2H6/c1-3-5-9-12-10(6-4-2)7-8-11(12)13;1-2/h10H,3-9H2,1-2H3;1-2H3. The Morgan fingerprint density at radius 1 is 1.27 bits per heavy atom. The zero-order valence-corrected chi connectivity index (χ0v) is 10.9. The van der Waals surface area contributed by atoms with E-state index < -0.39 is 0 Å². The molecule has 0 aromatic heterocycles. The summed E-state index contributed by atoms with van der Waals surface area (Å²) in [4.78, 5) is 13.6. The number of carbonyl (C=O) groups is 1. The van der Waals surface area contributed by atoms with E-state index in [2.05, 4.69) is 18.7 Å². The minimum atomic E-state index is 0.381. The average molecular weight is 213 g/mol. The molecular weight excluding hydrogens is 186 g/mol. The molecule has 0 bridgehead atoms. The Balaban J connectivity index is 0.000000921. The van der Waals surface area contributed by atoms with Gasteiger partial charge in [0.05, 0.1) is 0 Å². The predicted molar refractivity (Wildman–Crippen MR) is 65.9 cm³/mol. The normalized spacial score (nSPS) is 20.1. The molecule has 0 radical (unpaired) electrons. The van der Waals surface area contributed by atoms with Crippen LogP contribution >= 0.6 is 0 Å². The molecule has 0 aromatic rings. The molecule has 1 fully saturated rings. The van der Waals surface area contributed by atoms with Crippen LogP contribution in [0, 0.1) is 0 Å². The number of rotatable bonds is 5. The summed E-state index contributed by atoms with van der Waals surface area (Å²) in [7, 11) is 0. The van der Waals surface area contributed by atoms with E-state index in [0.717, 1.165) is 25.8 Å². The number of hydrogen-bond acceptors (Lipinski definition) is 1. The van der Waals surface area contributed by atoms with Crippen molar-refractivity contribution in [2.45, 2.75) is 72.3 Å². The van der Waals surface area contributed by atoms with Gasteiger partial charge in [-0.3, -0.25) is 4.79 Å². The van der Waals surface area contributed by atoms with Crippen LogP contribution in [0.15, 0.2) is 0 Å². The van der Waals surface area contributed by atoms with Crippen molar-refractivity contribution in [3.05, 3.63) is 0 Å². The Hall–Kier alpha value is -0.530. The molecule has 1 aliphatic rings. The van der Waals surface area contributed by atoms with Crippen LogP contribution in [-0.4, -0.2) is 23.4 Å². The van der Waals surface area contributed by atoms with Crippen LogP contribution in [0.2, 0.25) is 0 Å². The lowest BCUT2D eigenvalue weighted by atomic mass is 10.1. The van der Waals surface area contributed by atoms with Gasteiger partial charge in [0, 0.05) is 19.0 Å². The number of carbonyl (C=O) groups excluding carboxylic acids is 1. The third-order valence-corrected chi connectivity index (χ3v) is 2.83. The fourth-order valence-corrected chi connectivity index (χ4v) is 2.06. The Kier molecular flexibility index (Phi) is 8.44. The van der Waals surface area contributed by atoms with Gasteiger partial charge >= 0.3 is 0 Å². The topological polar surface area (TPSA) is 20.3 Å². The molecule has 0 aromatic carbocycles. The SMILES string of the molecule is CC.CCCCN1C(=O)CCC1CCC. The van der Waals surface area contributed by atoms with Crippen molar-refractivity contribution in [1.29, 1.82) is 0 Å². The van der Waals surface area contributed by atoms with Gasteiger partial charge in [0.1, 0.15) is 0 Å². The van der Waals surface area contributed by atoms with E-state index in [1.54, 1.807) is 0 Å². The van der Waals surface area contributed by atoms with E-state index in [0.29, 0.717) is 11.9 Å². The second-order valence-electron chi connectivity index (χ2n) is 3.92. The van der Waals surface area contributed by atoms with Gasteiger partial charge in [-0.15, -0.1) is 0 Å². The molecule has 15 heavy (non-hydrogen) atoms. The molecule has 0 saturated carbocycles. The maximum atomic E-state index is 11.5. The lowest BCUT2D eigenvalue weighted by Gasteiger charge is -2.24. The molecular formula is C13H27NO. The Labute approximate surface area is 95.0 Å². The molecule has 1 aliphatic heterocycles. The van der Waals surface area contributed by atoms with Crippen molar-refractivity contribution in [3.8, 4) is 0 Å². The fourth-order valence-electron chi connectivity index (χ4n) is 2.06. The van der Waals surface area contributed by atoms with Crippen LogP contribution in [0.25, 0.3) is 0 Å². The Morgan fingerprint density at radius 2 is 1.93 bits per heavy atom. The number of unbranched alkanes of at least 4 members (excludes halogenated alkanes) is 1. The first-order valence-electron chi connectivity index (χ1n) is 6.59. The highest BCUT2D eigenvalue weighted by molar-refractivity contribution is 5.78. The van der Waals surface area contributed by atoms with Crippen LogP contribution in [0.1, 0.15) is 66.2 Å². The van der Waals surface area contributed by atoms with Gasteiger partial charge in [-0.05, 0) is 19.3 Å². The van der Waals surface area contributed by atoms with Crippen LogP contribution in [0.4, 0.5) is 0 Å². The summed E-state index contributed by atoms with van der Waals surface area (Å²) in [6.45, 7) is 9.36. The van der Waals surface area contributed by atoms with Crippen molar-refractivity contribution in [1.82, 2.24) is 4.90 Å². The molecule has 90 valence electrons. The minimum absolute atomic E-state index is 0.381. The first kappa shape index (κ1) is 14.5. The van der Waals surface area contributed by atoms with Crippen molar-refractivity contribution < 1.29 is 4.79 Å². The summed E-state index contributed by atoms with van der Waals surface area (Å²) >= 11 is 0. The second kappa shape index (κ2) is 8.75. The van der Waals surface area contributed by atoms with E-state index in [1.807, 2.05) is 13.8 Å². The maximum Gasteiger partial charge on any atom is 0.222 e. The molecule has 1 unspecified atom stereocenters. The number of hydrogen-bond donors (Lipinski definition) is 0. The number of nitrogens with zero attached hydrogens (tertiary/aromatic N) is 1. The zero-order chi connectivity index (χ0) is 11.7. The Morgan fingerprint density at radius 3 is 2.47 bits per heavy atom. The highest BCUT2D eigenvalue weighted by atomic mass is 16.2. The van der Waals surface area contributed by atoms with Crippen LogP contribution < -0.4 is 0 Å². The maximum absolute atomic E-state index is 11.5. The third-order valence-electron chi connectivity index (χ3n) is 2.83. The van der Waals surface area contributed by atoms with E-state index in [9.17, 15) is 4.79 Å². The largest absolute Gasteiger partial charge is 0.340 e. The highest BCUT2D eigenvalue weighted by Crippen LogP contribution is 2.22. The summed E-state index contributed by atoms with van der Waals surface area (Å²) in [6, 6.07) is 0.559. The quantitative estimate of drug-likeness (QED) is 0.683. The first-order valence-corrected chi connectivity index (χ1v) is 6.59. The van der Waals surface area contributed by atoms with Gasteiger partial charge < -0.3 is 4.90 Å². The molecule has 1 saturated heterocycles. The van der Waals surface area contributed by atoms with E-state index in [4.69, 9.17) is 0 Å². The van der Waals surface area contributed by atoms with Gasteiger partial charge in [0.2, 0.25) is 5.91 Å². The first-order chi connectivity index (χ1) is 7.29. The van der Waals surface area contributed by atoms with Crippen molar-refractivity contribution in [2.24, 2.45) is 0 Å². The van der Waals surface area contributed by atoms with Gasteiger partial charge in [-0.2, -0.15) is 0 Å². The monoisotopic (exact) mass is 213 g/mol. The molecule has 0 spiro atoms. The molecule has 0 aliphatic carbocycles. The van der Waals surface area contributed by atoms with Crippen molar-refractivity contribution in [3.63, 3.8) is 0 Å². The lowest BCUT2D eigenvalue weighted by Crippen LogP contribution is -2.33. The summed E-state index contributed by atoms with van der Waals surface area (Å²) in [6.07, 6.45) is 6.61. The number of likely N-dealkylation sites (tertiary alicyclic amines) is 1. The van der Waals surface area contributed by atoms with E-state index in [-0.39, 0.29) is 0 Å². The minimum Gasteiger partial charge on any atom is -0.340 e.